The number of hydrogen-bond donors (Lipinski definition) is 3. The molecule has 1 aliphatic heterocycles. The molecular formula is C21H26ClN4O2+. The van der Waals surface area contributed by atoms with Crippen LogP contribution >= 0.6 is 11.6 Å². The molecule has 2 amide bonds. The van der Waals surface area contributed by atoms with E-state index in [1.807, 2.05) is 18.2 Å². The number of pyridine rings is 1. The van der Waals surface area contributed by atoms with Crippen molar-refractivity contribution < 1.29 is 14.5 Å². The van der Waals surface area contributed by atoms with Crippen molar-refractivity contribution >= 4 is 23.4 Å². The van der Waals surface area contributed by atoms with Gasteiger partial charge < -0.3 is 15.5 Å². The van der Waals surface area contributed by atoms with Crippen LogP contribution in [-0.2, 0) is 17.9 Å². The van der Waals surface area contributed by atoms with Crippen LogP contribution in [0.15, 0.2) is 42.6 Å². The summed E-state index contributed by atoms with van der Waals surface area (Å²) < 4.78 is 0. The molecule has 1 aliphatic rings. The molecule has 0 saturated carbocycles. The van der Waals surface area contributed by atoms with E-state index < -0.39 is 5.91 Å². The second-order valence-electron chi connectivity index (χ2n) is 7.07. The standard InChI is InChI=1S/C21H25ClN4O2/c22-18-8-9-23-19(12-18)21(28)25-14-20(27)24-13-16-6-2-3-7-17(16)15-26-10-4-1-5-11-26/h2-3,6-9,12H,1,4-5,10-11,13-15H2,(H,24,27)(H,25,28)/p+1. The van der Waals surface area contributed by atoms with Crippen molar-refractivity contribution in [3.8, 4) is 0 Å². The lowest BCUT2D eigenvalue weighted by atomic mass is 10.0. The Hall–Kier alpha value is -2.44. The van der Waals surface area contributed by atoms with Crippen LogP contribution in [0.1, 0.15) is 40.9 Å². The lowest BCUT2D eigenvalue weighted by Gasteiger charge is -2.24. The van der Waals surface area contributed by atoms with Gasteiger partial charge in [-0.3, -0.25) is 14.6 Å². The topological polar surface area (TPSA) is 75.5 Å². The van der Waals surface area contributed by atoms with Crippen LogP contribution in [0.3, 0.4) is 0 Å². The lowest BCUT2D eigenvalue weighted by molar-refractivity contribution is -0.918. The molecule has 3 N–H and O–H groups in total. The maximum atomic E-state index is 12.1. The Bertz CT molecular complexity index is 822. The molecule has 0 aliphatic carbocycles. The normalized spacial score (nSPS) is 14.5. The van der Waals surface area contributed by atoms with Gasteiger partial charge in [0.1, 0.15) is 12.2 Å². The van der Waals surface area contributed by atoms with E-state index in [1.165, 1.54) is 50.2 Å². The Kier molecular flexibility index (Phi) is 7.39. The van der Waals surface area contributed by atoms with Crippen molar-refractivity contribution in [2.24, 2.45) is 0 Å². The minimum atomic E-state index is -0.424. The number of amides is 2. The van der Waals surface area contributed by atoms with Crippen molar-refractivity contribution in [1.82, 2.24) is 15.6 Å². The van der Waals surface area contributed by atoms with Crippen LogP contribution < -0.4 is 15.5 Å². The van der Waals surface area contributed by atoms with Gasteiger partial charge in [0, 0.05) is 23.3 Å². The van der Waals surface area contributed by atoms with Crippen molar-refractivity contribution in [2.45, 2.75) is 32.4 Å². The van der Waals surface area contributed by atoms with Gasteiger partial charge in [-0.1, -0.05) is 35.9 Å². The number of benzene rings is 1. The van der Waals surface area contributed by atoms with E-state index in [2.05, 4.69) is 21.7 Å². The third-order valence-corrected chi connectivity index (χ3v) is 5.19. The van der Waals surface area contributed by atoms with Gasteiger partial charge in [-0.2, -0.15) is 0 Å². The van der Waals surface area contributed by atoms with Crippen molar-refractivity contribution in [3.63, 3.8) is 0 Å². The van der Waals surface area contributed by atoms with Gasteiger partial charge in [0.25, 0.3) is 5.91 Å². The molecule has 0 atom stereocenters. The summed E-state index contributed by atoms with van der Waals surface area (Å²) in [5.41, 5.74) is 2.58. The smallest absolute Gasteiger partial charge is 0.270 e. The van der Waals surface area contributed by atoms with Crippen LogP contribution in [0.4, 0.5) is 0 Å². The number of nitrogens with zero attached hydrogens (tertiary/aromatic N) is 1. The van der Waals surface area contributed by atoms with E-state index in [9.17, 15) is 9.59 Å². The van der Waals surface area contributed by atoms with Gasteiger partial charge in [-0.05, 0) is 37.0 Å². The van der Waals surface area contributed by atoms with E-state index >= 15 is 0 Å². The van der Waals surface area contributed by atoms with E-state index in [-0.39, 0.29) is 18.1 Å². The highest BCUT2D eigenvalue weighted by atomic mass is 35.5. The summed E-state index contributed by atoms with van der Waals surface area (Å²) in [7, 11) is 0. The number of rotatable bonds is 7. The maximum absolute atomic E-state index is 12.1. The zero-order chi connectivity index (χ0) is 19.8. The predicted octanol–water partition coefficient (Wildman–Crippen LogP) is 1.35. The summed E-state index contributed by atoms with van der Waals surface area (Å²) in [4.78, 5) is 29.7. The first-order valence-electron chi connectivity index (χ1n) is 9.68. The zero-order valence-electron chi connectivity index (χ0n) is 15.8. The molecule has 7 heteroatoms. The van der Waals surface area contributed by atoms with Crippen LogP contribution in [0.2, 0.25) is 5.02 Å². The molecule has 1 aromatic heterocycles. The van der Waals surface area contributed by atoms with Crippen molar-refractivity contribution in [1.29, 1.82) is 0 Å². The molecule has 148 valence electrons. The van der Waals surface area contributed by atoms with Crippen LogP contribution in [0, 0.1) is 0 Å². The average Bonchev–Trinajstić information content (AvgIpc) is 2.72. The molecule has 1 aromatic carbocycles. The minimum absolute atomic E-state index is 0.105. The first kappa shape index (κ1) is 20.3. The number of piperidine rings is 1. The monoisotopic (exact) mass is 401 g/mol. The van der Waals surface area contributed by atoms with Crippen molar-refractivity contribution in [2.75, 3.05) is 19.6 Å². The SMILES string of the molecule is O=C(CNC(=O)c1cc(Cl)ccn1)NCc1ccccc1C[NH+]1CCCCC1. The average molecular weight is 402 g/mol. The fourth-order valence-electron chi connectivity index (χ4n) is 3.44. The maximum Gasteiger partial charge on any atom is 0.270 e. The fourth-order valence-corrected chi connectivity index (χ4v) is 3.60. The molecule has 0 radical (unpaired) electrons. The second kappa shape index (κ2) is 10.2. The molecule has 3 rings (SSSR count). The molecule has 2 aromatic rings. The van der Waals surface area contributed by atoms with E-state index in [1.54, 1.807) is 11.0 Å². The van der Waals surface area contributed by atoms with Crippen LogP contribution in [0.25, 0.3) is 0 Å². The molecule has 0 spiro atoms. The number of aromatic nitrogens is 1. The van der Waals surface area contributed by atoms with E-state index in [4.69, 9.17) is 11.6 Å². The quantitative estimate of drug-likeness (QED) is 0.655. The van der Waals surface area contributed by atoms with Gasteiger partial charge >= 0.3 is 0 Å². The predicted molar refractivity (Wildman–Crippen MR) is 108 cm³/mol. The lowest BCUT2D eigenvalue weighted by Crippen LogP contribution is -3.11. The molecule has 0 unspecified atom stereocenters. The Morgan fingerprint density at radius 1 is 1.04 bits per heavy atom. The summed E-state index contributed by atoms with van der Waals surface area (Å²) in [6, 6.07) is 11.3. The third kappa shape index (κ3) is 6.04. The van der Waals surface area contributed by atoms with Crippen molar-refractivity contribution in [3.05, 3.63) is 64.4 Å². The third-order valence-electron chi connectivity index (χ3n) is 4.96. The summed E-state index contributed by atoms with van der Waals surface area (Å²) in [6.07, 6.45) is 5.36. The van der Waals surface area contributed by atoms with Gasteiger partial charge in [0.15, 0.2) is 0 Å². The number of halogens is 1. The largest absolute Gasteiger partial charge is 0.350 e. The summed E-state index contributed by atoms with van der Waals surface area (Å²) >= 11 is 5.85. The van der Waals surface area contributed by atoms with Gasteiger partial charge in [-0.25, -0.2) is 0 Å². The Balaban J connectivity index is 1.48. The molecule has 1 saturated heterocycles. The number of likely N-dealkylation sites (tertiary alicyclic amines) is 1. The molecular weight excluding hydrogens is 376 g/mol. The fraction of sp³-hybridized carbons (Fsp3) is 0.381. The molecule has 1 fully saturated rings. The van der Waals surface area contributed by atoms with Crippen LogP contribution in [0.5, 0.6) is 0 Å². The van der Waals surface area contributed by atoms with Gasteiger partial charge in [0.2, 0.25) is 5.91 Å². The molecule has 6 nitrogen and oxygen atoms in total. The highest BCUT2D eigenvalue weighted by Crippen LogP contribution is 2.09. The first-order chi connectivity index (χ1) is 13.6. The van der Waals surface area contributed by atoms with Gasteiger partial charge in [0.05, 0.1) is 19.6 Å². The Morgan fingerprint density at radius 3 is 2.54 bits per heavy atom. The Morgan fingerprint density at radius 2 is 1.79 bits per heavy atom. The van der Waals surface area contributed by atoms with Gasteiger partial charge in [-0.15, -0.1) is 0 Å². The number of carbonyl (C=O) groups is 2. The summed E-state index contributed by atoms with van der Waals surface area (Å²) in [5.74, 6) is -0.665. The first-order valence-corrected chi connectivity index (χ1v) is 10.1. The second-order valence-corrected chi connectivity index (χ2v) is 7.51. The minimum Gasteiger partial charge on any atom is -0.350 e. The number of quaternary nitrogens is 1. The molecule has 0 bridgehead atoms. The summed E-state index contributed by atoms with van der Waals surface area (Å²) in [5, 5.41) is 5.88. The number of nitrogens with one attached hydrogen (secondary N) is 3. The van der Waals surface area contributed by atoms with E-state index in [0.717, 1.165) is 12.1 Å². The van der Waals surface area contributed by atoms with E-state index in [0.29, 0.717) is 11.6 Å². The molecule has 28 heavy (non-hydrogen) atoms. The number of carbonyl (C=O) groups excluding carboxylic acids is 2. The number of hydrogen-bond acceptors (Lipinski definition) is 3. The Labute approximate surface area is 170 Å². The highest BCUT2D eigenvalue weighted by Gasteiger charge is 2.16. The molecule has 2 heterocycles. The highest BCUT2D eigenvalue weighted by molar-refractivity contribution is 6.30. The van der Waals surface area contributed by atoms with Crippen LogP contribution in [-0.4, -0.2) is 36.4 Å². The summed E-state index contributed by atoms with van der Waals surface area (Å²) in [6.45, 7) is 3.76. The zero-order valence-corrected chi connectivity index (χ0v) is 16.6.